The summed E-state index contributed by atoms with van der Waals surface area (Å²) in [5.41, 5.74) is 0.294. The third-order valence-corrected chi connectivity index (χ3v) is 5.57. The third-order valence-electron chi connectivity index (χ3n) is 5.57. The number of carbonyl (C=O) groups excluding carboxylic acids is 2. The van der Waals surface area contributed by atoms with E-state index in [0.29, 0.717) is 29.2 Å². The number of hydrogen-bond acceptors (Lipinski definition) is 9. The van der Waals surface area contributed by atoms with Crippen LogP contribution in [0.25, 0.3) is 0 Å². The Kier molecular flexibility index (Phi) is 14.2. The maximum atomic E-state index is 11.6. The van der Waals surface area contributed by atoms with Crippen molar-refractivity contribution >= 4 is 11.9 Å². The molecule has 1 saturated heterocycles. The molecule has 0 aliphatic carbocycles. The van der Waals surface area contributed by atoms with E-state index in [4.69, 9.17) is 25.5 Å². The van der Waals surface area contributed by atoms with Crippen LogP contribution in [0.4, 0.5) is 0 Å². The lowest BCUT2D eigenvalue weighted by Gasteiger charge is -2.21. The zero-order valence-electron chi connectivity index (χ0n) is 21.8. The zero-order chi connectivity index (χ0) is 26.2. The highest BCUT2D eigenvalue weighted by Crippen LogP contribution is 2.38. The van der Waals surface area contributed by atoms with E-state index in [0.717, 1.165) is 32.7 Å². The van der Waals surface area contributed by atoms with Crippen molar-refractivity contribution in [1.29, 1.82) is 0 Å². The molecule has 1 aromatic rings. The number of amides is 1. The Hall–Kier alpha value is -3.00. The van der Waals surface area contributed by atoms with Gasteiger partial charge in [0.1, 0.15) is 6.61 Å². The van der Waals surface area contributed by atoms with Crippen LogP contribution in [0.5, 0.6) is 17.2 Å². The Morgan fingerprint density at radius 2 is 1.69 bits per heavy atom. The van der Waals surface area contributed by atoms with Gasteiger partial charge in [-0.05, 0) is 38.2 Å². The number of esters is 1. The van der Waals surface area contributed by atoms with E-state index in [2.05, 4.69) is 27.4 Å². The Bertz CT molecular complexity index is 841. The zero-order valence-corrected chi connectivity index (χ0v) is 21.8. The van der Waals surface area contributed by atoms with Crippen molar-refractivity contribution in [2.75, 3.05) is 81.4 Å². The van der Waals surface area contributed by atoms with Crippen LogP contribution in [0, 0.1) is 12.3 Å². The van der Waals surface area contributed by atoms with Gasteiger partial charge in [-0.15, -0.1) is 6.42 Å². The molecule has 35 heavy (non-hydrogen) atoms. The highest BCUT2D eigenvalue weighted by atomic mass is 16.7. The fourth-order valence-corrected chi connectivity index (χ4v) is 3.47. The predicted molar refractivity (Wildman–Crippen MR) is 133 cm³/mol. The number of ether oxygens (including phenoxy) is 4. The standard InChI is InChI=1S/C13H14O5.C12H25N3O2/c1-5-6-18-11-8-9(13(14)17-4)7-10(15-2)12(11)16-3;1-4-14-7-5-8-15(11-10-14)9-6-12(16)13(2)17-3/h1,7-8H,6H2,2-4H3;4-11H2,1-3H3. The number of benzene rings is 1. The quantitative estimate of drug-likeness (QED) is 0.275. The van der Waals surface area contributed by atoms with Crippen molar-refractivity contribution < 1.29 is 33.4 Å². The molecule has 1 aromatic carbocycles. The van der Waals surface area contributed by atoms with Gasteiger partial charge in [0.05, 0.1) is 34.0 Å². The average Bonchev–Trinajstić information content (AvgIpc) is 3.14. The van der Waals surface area contributed by atoms with Gasteiger partial charge in [-0.2, -0.15) is 0 Å². The molecule has 1 aliphatic rings. The number of methoxy groups -OCH3 is 3. The maximum absolute atomic E-state index is 11.6. The monoisotopic (exact) mass is 493 g/mol. The minimum absolute atomic E-state index is 0.0455. The van der Waals surface area contributed by atoms with Crippen molar-refractivity contribution in [1.82, 2.24) is 14.9 Å². The van der Waals surface area contributed by atoms with Gasteiger partial charge in [0.15, 0.2) is 11.5 Å². The van der Waals surface area contributed by atoms with Crippen molar-refractivity contribution in [3.8, 4) is 29.6 Å². The molecule has 0 saturated carbocycles. The molecule has 1 fully saturated rings. The van der Waals surface area contributed by atoms with Crippen LogP contribution in [0.1, 0.15) is 30.1 Å². The second kappa shape index (κ2) is 16.6. The lowest BCUT2D eigenvalue weighted by molar-refractivity contribution is -0.168. The van der Waals surface area contributed by atoms with Crippen LogP contribution < -0.4 is 14.2 Å². The van der Waals surface area contributed by atoms with Gasteiger partial charge >= 0.3 is 5.97 Å². The van der Waals surface area contributed by atoms with Crippen LogP contribution in [0.2, 0.25) is 0 Å². The Morgan fingerprint density at radius 1 is 1.03 bits per heavy atom. The molecule has 0 radical (unpaired) electrons. The molecule has 10 heteroatoms. The average molecular weight is 494 g/mol. The van der Waals surface area contributed by atoms with E-state index in [-0.39, 0.29) is 12.5 Å². The summed E-state index contributed by atoms with van der Waals surface area (Å²) in [6, 6.07) is 3.00. The summed E-state index contributed by atoms with van der Waals surface area (Å²) in [6.45, 7) is 8.68. The fraction of sp³-hybridized carbons (Fsp3) is 0.600. The van der Waals surface area contributed by atoms with Crippen molar-refractivity contribution in [2.45, 2.75) is 19.8 Å². The largest absolute Gasteiger partial charge is 0.493 e. The van der Waals surface area contributed by atoms with E-state index in [1.807, 2.05) is 0 Å². The van der Waals surface area contributed by atoms with Gasteiger partial charge in [0.2, 0.25) is 11.7 Å². The normalized spacial score (nSPS) is 14.0. The van der Waals surface area contributed by atoms with Gasteiger partial charge in [-0.3, -0.25) is 9.63 Å². The summed E-state index contributed by atoms with van der Waals surface area (Å²) in [5.74, 6) is 2.95. The molecule has 2 rings (SSSR count). The first-order valence-corrected chi connectivity index (χ1v) is 11.5. The van der Waals surface area contributed by atoms with E-state index >= 15 is 0 Å². The molecule has 196 valence electrons. The van der Waals surface area contributed by atoms with Gasteiger partial charge in [0.25, 0.3) is 0 Å². The summed E-state index contributed by atoms with van der Waals surface area (Å²) in [7, 11) is 7.40. The van der Waals surface area contributed by atoms with E-state index in [1.165, 1.54) is 58.6 Å². The molecule has 0 aromatic heterocycles. The van der Waals surface area contributed by atoms with E-state index in [1.54, 1.807) is 7.05 Å². The summed E-state index contributed by atoms with van der Waals surface area (Å²) < 4.78 is 20.2. The smallest absolute Gasteiger partial charge is 0.338 e. The topological polar surface area (TPSA) is 90.0 Å². The highest BCUT2D eigenvalue weighted by molar-refractivity contribution is 5.91. The molecular weight excluding hydrogens is 454 g/mol. The van der Waals surface area contributed by atoms with Crippen LogP contribution >= 0.6 is 0 Å². The van der Waals surface area contributed by atoms with Gasteiger partial charge in [0, 0.05) is 33.1 Å². The molecule has 0 bridgehead atoms. The highest BCUT2D eigenvalue weighted by Gasteiger charge is 2.18. The Labute approximate surface area is 208 Å². The number of rotatable bonds is 10. The SMILES string of the molecule is C#CCOc1cc(C(=O)OC)cc(OC)c1OC.CCN1CCCN(CCC(=O)N(C)OC)CC1. The molecule has 10 nitrogen and oxygen atoms in total. The lowest BCUT2D eigenvalue weighted by atomic mass is 10.2. The molecule has 1 amide bonds. The summed E-state index contributed by atoms with van der Waals surface area (Å²) in [5, 5.41) is 1.30. The first-order chi connectivity index (χ1) is 16.8. The number of likely N-dealkylation sites (N-methyl/N-ethyl adjacent to an activating group) is 1. The number of nitrogens with zero attached hydrogens (tertiary/aromatic N) is 3. The third kappa shape index (κ3) is 10.0. The Morgan fingerprint density at radius 3 is 2.26 bits per heavy atom. The molecule has 1 heterocycles. The van der Waals surface area contributed by atoms with Crippen LogP contribution in [-0.4, -0.2) is 108 Å². The molecule has 0 N–H and O–H groups in total. The van der Waals surface area contributed by atoms with Crippen molar-refractivity contribution in [2.24, 2.45) is 0 Å². The second-order valence-corrected chi connectivity index (χ2v) is 7.65. The number of hydrogen-bond donors (Lipinski definition) is 0. The molecule has 1 aliphatic heterocycles. The summed E-state index contributed by atoms with van der Waals surface area (Å²) in [6.07, 6.45) is 6.86. The molecule has 0 atom stereocenters. The number of hydroxylamine groups is 2. The maximum Gasteiger partial charge on any atom is 0.338 e. The minimum atomic E-state index is -0.499. The molecule has 0 spiro atoms. The minimum Gasteiger partial charge on any atom is -0.493 e. The number of terminal acetylenes is 1. The lowest BCUT2D eigenvalue weighted by Crippen LogP contribution is -2.34. The molecule has 0 unspecified atom stereocenters. The van der Waals surface area contributed by atoms with Gasteiger partial charge in [-0.25, -0.2) is 9.86 Å². The second-order valence-electron chi connectivity index (χ2n) is 7.65. The van der Waals surface area contributed by atoms with E-state index < -0.39 is 5.97 Å². The fourth-order valence-electron chi connectivity index (χ4n) is 3.47. The summed E-state index contributed by atoms with van der Waals surface area (Å²) in [4.78, 5) is 32.8. The van der Waals surface area contributed by atoms with Crippen molar-refractivity contribution in [3.63, 3.8) is 0 Å². The van der Waals surface area contributed by atoms with Crippen molar-refractivity contribution in [3.05, 3.63) is 17.7 Å². The predicted octanol–water partition coefficient (Wildman–Crippen LogP) is 1.93. The van der Waals surface area contributed by atoms with Crippen LogP contribution in [0.3, 0.4) is 0 Å². The van der Waals surface area contributed by atoms with Gasteiger partial charge < -0.3 is 28.7 Å². The number of carbonyl (C=O) groups is 2. The van der Waals surface area contributed by atoms with Crippen LogP contribution in [-0.2, 0) is 14.4 Å². The Balaban J connectivity index is 0.000000351. The molecular formula is C25H39N3O7. The van der Waals surface area contributed by atoms with Gasteiger partial charge in [-0.1, -0.05) is 12.8 Å². The summed E-state index contributed by atoms with van der Waals surface area (Å²) >= 11 is 0. The van der Waals surface area contributed by atoms with Crippen LogP contribution in [0.15, 0.2) is 12.1 Å². The first kappa shape index (κ1) is 30.0. The van der Waals surface area contributed by atoms with E-state index in [9.17, 15) is 9.59 Å². The first-order valence-electron chi connectivity index (χ1n) is 11.5.